The fraction of sp³-hybridized carbons (Fsp3) is 0.316. The van der Waals surface area contributed by atoms with E-state index >= 15 is 0 Å². The molecule has 2 aromatic rings. The Balaban J connectivity index is 2.27. The van der Waals surface area contributed by atoms with E-state index < -0.39 is 0 Å². The lowest BCUT2D eigenvalue weighted by molar-refractivity contribution is 0.0922. The van der Waals surface area contributed by atoms with Gasteiger partial charge in [-0.25, -0.2) is 0 Å². The van der Waals surface area contributed by atoms with Crippen LogP contribution in [-0.4, -0.2) is 20.1 Å². The monoisotopic (exact) mass is 347 g/mol. The standard InChI is InChI=1S/C19H22ClNO3/c1-12(2)18(13-5-7-14(20)8-6-13)21-19(22)16-10-9-15(23-3)11-17(16)24-4/h5-12,18H,1-4H3,(H,21,22). The largest absolute Gasteiger partial charge is 0.497 e. The molecule has 0 spiro atoms. The molecule has 0 heterocycles. The van der Waals surface area contributed by atoms with Crippen LogP contribution in [0.3, 0.4) is 0 Å². The summed E-state index contributed by atoms with van der Waals surface area (Å²) in [5, 5.41) is 3.75. The van der Waals surface area contributed by atoms with E-state index in [0.29, 0.717) is 22.1 Å². The molecule has 0 aliphatic carbocycles. The van der Waals surface area contributed by atoms with Gasteiger partial charge in [0.05, 0.1) is 25.8 Å². The van der Waals surface area contributed by atoms with Crippen LogP contribution in [0.25, 0.3) is 0 Å². The first kappa shape index (κ1) is 18.1. The summed E-state index contributed by atoms with van der Waals surface area (Å²) in [7, 11) is 3.11. The van der Waals surface area contributed by atoms with Gasteiger partial charge in [-0.2, -0.15) is 0 Å². The molecular formula is C19H22ClNO3. The topological polar surface area (TPSA) is 47.6 Å². The summed E-state index contributed by atoms with van der Waals surface area (Å²) in [6, 6.07) is 12.5. The number of carbonyl (C=O) groups excluding carboxylic acids is 1. The van der Waals surface area contributed by atoms with Crippen molar-refractivity contribution in [3.63, 3.8) is 0 Å². The zero-order valence-electron chi connectivity index (χ0n) is 14.3. The molecule has 0 aromatic heterocycles. The van der Waals surface area contributed by atoms with Crippen LogP contribution in [0, 0.1) is 5.92 Å². The quantitative estimate of drug-likeness (QED) is 0.837. The summed E-state index contributed by atoms with van der Waals surface area (Å²) in [4.78, 5) is 12.7. The van der Waals surface area contributed by atoms with Gasteiger partial charge in [-0.1, -0.05) is 37.6 Å². The molecule has 1 N–H and O–H groups in total. The average molecular weight is 348 g/mol. The smallest absolute Gasteiger partial charge is 0.255 e. The third-order valence-electron chi connectivity index (χ3n) is 3.84. The minimum atomic E-state index is -0.192. The fourth-order valence-electron chi connectivity index (χ4n) is 2.51. The van der Waals surface area contributed by atoms with Gasteiger partial charge in [0.1, 0.15) is 11.5 Å². The van der Waals surface area contributed by atoms with Crippen molar-refractivity contribution in [3.05, 3.63) is 58.6 Å². The Kier molecular flexibility index (Phi) is 6.10. The molecule has 0 aliphatic rings. The van der Waals surface area contributed by atoms with Crippen molar-refractivity contribution >= 4 is 17.5 Å². The number of methoxy groups -OCH3 is 2. The van der Waals surface area contributed by atoms with Gasteiger partial charge in [0.2, 0.25) is 0 Å². The van der Waals surface area contributed by atoms with Crippen molar-refractivity contribution in [1.82, 2.24) is 5.32 Å². The summed E-state index contributed by atoms with van der Waals surface area (Å²) >= 11 is 5.95. The van der Waals surface area contributed by atoms with Gasteiger partial charge in [0.25, 0.3) is 5.91 Å². The van der Waals surface area contributed by atoms with Gasteiger partial charge in [0, 0.05) is 11.1 Å². The maximum atomic E-state index is 12.7. The number of carbonyl (C=O) groups is 1. The van der Waals surface area contributed by atoms with Crippen molar-refractivity contribution in [1.29, 1.82) is 0 Å². The van der Waals surface area contributed by atoms with E-state index in [4.69, 9.17) is 21.1 Å². The van der Waals surface area contributed by atoms with Crippen molar-refractivity contribution in [2.45, 2.75) is 19.9 Å². The Morgan fingerprint density at radius 1 is 1.04 bits per heavy atom. The van der Waals surface area contributed by atoms with Crippen molar-refractivity contribution in [3.8, 4) is 11.5 Å². The molecular weight excluding hydrogens is 326 g/mol. The van der Waals surface area contributed by atoms with E-state index in [0.717, 1.165) is 5.56 Å². The number of halogens is 1. The minimum absolute atomic E-state index is 0.124. The highest BCUT2D eigenvalue weighted by Crippen LogP contribution is 2.27. The van der Waals surface area contributed by atoms with E-state index in [1.807, 2.05) is 24.3 Å². The summed E-state index contributed by atoms with van der Waals surface area (Å²) in [5.41, 5.74) is 1.48. The fourth-order valence-corrected chi connectivity index (χ4v) is 2.64. The molecule has 24 heavy (non-hydrogen) atoms. The van der Waals surface area contributed by atoms with Crippen LogP contribution in [0.2, 0.25) is 5.02 Å². The van der Waals surface area contributed by atoms with Crippen LogP contribution in [0.5, 0.6) is 11.5 Å². The first-order chi connectivity index (χ1) is 11.5. The molecule has 0 bridgehead atoms. The molecule has 0 saturated carbocycles. The first-order valence-corrected chi connectivity index (χ1v) is 8.12. The summed E-state index contributed by atoms with van der Waals surface area (Å²) in [6.45, 7) is 4.12. The summed E-state index contributed by atoms with van der Waals surface area (Å²) < 4.78 is 10.5. The maximum absolute atomic E-state index is 12.7. The van der Waals surface area contributed by atoms with Crippen LogP contribution in [0.15, 0.2) is 42.5 Å². The van der Waals surface area contributed by atoms with Crippen molar-refractivity contribution in [2.75, 3.05) is 14.2 Å². The number of rotatable bonds is 6. The van der Waals surface area contributed by atoms with Crippen LogP contribution in [0.1, 0.15) is 35.8 Å². The number of ether oxygens (including phenoxy) is 2. The van der Waals surface area contributed by atoms with Crippen molar-refractivity contribution < 1.29 is 14.3 Å². The lowest BCUT2D eigenvalue weighted by atomic mass is 9.95. The van der Waals surface area contributed by atoms with E-state index in [9.17, 15) is 4.79 Å². The second-order valence-electron chi connectivity index (χ2n) is 5.81. The number of amides is 1. The highest BCUT2D eigenvalue weighted by molar-refractivity contribution is 6.30. The second kappa shape index (κ2) is 8.06. The van der Waals surface area contributed by atoms with Gasteiger partial charge in [0.15, 0.2) is 0 Å². The third-order valence-corrected chi connectivity index (χ3v) is 4.09. The number of hydrogen-bond acceptors (Lipinski definition) is 3. The first-order valence-electron chi connectivity index (χ1n) is 7.74. The second-order valence-corrected chi connectivity index (χ2v) is 6.25. The van der Waals surface area contributed by atoms with Gasteiger partial charge in [-0.05, 0) is 35.7 Å². The molecule has 128 valence electrons. The molecule has 0 aliphatic heterocycles. The average Bonchev–Trinajstić information content (AvgIpc) is 2.59. The SMILES string of the molecule is COc1ccc(C(=O)NC(c2ccc(Cl)cc2)C(C)C)c(OC)c1. The Morgan fingerprint density at radius 3 is 2.25 bits per heavy atom. The van der Waals surface area contributed by atoms with Crippen LogP contribution < -0.4 is 14.8 Å². The molecule has 1 unspecified atom stereocenters. The Morgan fingerprint density at radius 2 is 1.71 bits per heavy atom. The van der Waals surface area contributed by atoms with Gasteiger partial charge < -0.3 is 14.8 Å². The van der Waals surface area contributed by atoms with Crippen LogP contribution in [0.4, 0.5) is 0 Å². The van der Waals surface area contributed by atoms with Gasteiger partial charge >= 0.3 is 0 Å². The van der Waals surface area contributed by atoms with Crippen molar-refractivity contribution in [2.24, 2.45) is 5.92 Å². The molecule has 0 fully saturated rings. The van der Waals surface area contributed by atoms with E-state index in [2.05, 4.69) is 19.2 Å². The predicted octanol–water partition coefficient (Wildman–Crippen LogP) is 4.48. The number of benzene rings is 2. The van der Waals surface area contributed by atoms with Gasteiger partial charge in [-0.3, -0.25) is 4.79 Å². The Labute approximate surface area is 147 Å². The van der Waals surface area contributed by atoms with E-state index in [-0.39, 0.29) is 17.9 Å². The highest BCUT2D eigenvalue weighted by Gasteiger charge is 2.21. The van der Waals surface area contributed by atoms with Crippen LogP contribution in [-0.2, 0) is 0 Å². The summed E-state index contributed by atoms with van der Waals surface area (Å²) in [6.07, 6.45) is 0. The molecule has 1 atom stereocenters. The molecule has 2 aromatic carbocycles. The molecule has 4 nitrogen and oxygen atoms in total. The Hall–Kier alpha value is -2.20. The van der Waals surface area contributed by atoms with Crippen LogP contribution >= 0.6 is 11.6 Å². The molecule has 5 heteroatoms. The zero-order valence-corrected chi connectivity index (χ0v) is 15.1. The molecule has 0 radical (unpaired) electrons. The molecule has 1 amide bonds. The summed E-state index contributed by atoms with van der Waals surface area (Å²) in [5.74, 6) is 1.15. The highest BCUT2D eigenvalue weighted by atomic mass is 35.5. The normalized spacial score (nSPS) is 11.9. The predicted molar refractivity (Wildman–Crippen MR) is 96.0 cm³/mol. The van der Waals surface area contributed by atoms with E-state index in [1.165, 1.54) is 7.11 Å². The lowest BCUT2D eigenvalue weighted by Gasteiger charge is -2.23. The molecule has 2 rings (SSSR count). The Bertz CT molecular complexity index is 698. The van der Waals surface area contributed by atoms with E-state index in [1.54, 1.807) is 25.3 Å². The molecule has 0 saturated heterocycles. The number of nitrogens with one attached hydrogen (secondary N) is 1. The zero-order chi connectivity index (χ0) is 17.7. The third kappa shape index (κ3) is 4.20. The van der Waals surface area contributed by atoms with Gasteiger partial charge in [-0.15, -0.1) is 0 Å². The number of hydrogen-bond donors (Lipinski definition) is 1. The maximum Gasteiger partial charge on any atom is 0.255 e. The minimum Gasteiger partial charge on any atom is -0.497 e. The lowest BCUT2D eigenvalue weighted by Crippen LogP contribution is -2.32.